The average molecular weight is 396 g/mol. The molecule has 6 heteroatoms. The van der Waals surface area contributed by atoms with E-state index in [1.807, 2.05) is 64.1 Å². The van der Waals surface area contributed by atoms with Crippen LogP contribution in [0, 0.1) is 13.8 Å². The van der Waals surface area contributed by atoms with Gasteiger partial charge in [0.05, 0.1) is 21.8 Å². The molecule has 1 aromatic heterocycles. The molecule has 146 valence electrons. The van der Waals surface area contributed by atoms with Gasteiger partial charge in [0.15, 0.2) is 5.16 Å². The number of hydrogen-bond acceptors (Lipinski definition) is 4. The minimum Gasteiger partial charge on any atom is -0.355 e. The van der Waals surface area contributed by atoms with Crippen LogP contribution in [-0.2, 0) is 4.79 Å². The number of carbonyl (C=O) groups excluding carboxylic acids is 1. The van der Waals surface area contributed by atoms with E-state index < -0.39 is 0 Å². The minimum absolute atomic E-state index is 0.0547. The van der Waals surface area contributed by atoms with Crippen molar-refractivity contribution in [1.82, 2.24) is 14.9 Å². The summed E-state index contributed by atoms with van der Waals surface area (Å²) in [4.78, 5) is 30.3. The lowest BCUT2D eigenvalue weighted by molar-refractivity contribution is -0.120. The third-order valence-corrected chi connectivity index (χ3v) is 5.75. The van der Waals surface area contributed by atoms with Gasteiger partial charge in [-0.05, 0) is 62.6 Å². The third-order valence-electron chi connectivity index (χ3n) is 4.69. The number of hydrogen-bond donors (Lipinski definition) is 1. The number of nitrogens with zero attached hydrogens (tertiary/aromatic N) is 2. The summed E-state index contributed by atoms with van der Waals surface area (Å²) in [7, 11) is 0. The first kappa shape index (κ1) is 20.1. The van der Waals surface area contributed by atoms with Crippen LogP contribution < -0.4 is 10.9 Å². The van der Waals surface area contributed by atoms with Gasteiger partial charge in [-0.3, -0.25) is 14.2 Å². The minimum atomic E-state index is -0.364. The average Bonchev–Trinajstić information content (AvgIpc) is 2.68. The number of carbonyl (C=O) groups is 1. The maximum absolute atomic E-state index is 13.3. The van der Waals surface area contributed by atoms with Gasteiger partial charge < -0.3 is 5.32 Å². The molecule has 0 aliphatic heterocycles. The summed E-state index contributed by atoms with van der Waals surface area (Å²) in [6, 6.07) is 13.2. The molecule has 0 spiro atoms. The van der Waals surface area contributed by atoms with Gasteiger partial charge in [-0.2, -0.15) is 0 Å². The van der Waals surface area contributed by atoms with Crippen molar-refractivity contribution in [3.8, 4) is 5.69 Å². The largest absolute Gasteiger partial charge is 0.355 e. The quantitative estimate of drug-likeness (QED) is 0.506. The fraction of sp³-hybridized carbons (Fsp3) is 0.318. The molecule has 0 fully saturated rings. The Bertz CT molecular complexity index is 1080. The SMILES string of the molecule is CCCNC(=O)C(C)Sc1nc2ccccc2c(=O)n1-c1ccc(C)c(C)c1. The van der Waals surface area contributed by atoms with Crippen molar-refractivity contribution < 1.29 is 4.79 Å². The first-order valence-electron chi connectivity index (χ1n) is 9.46. The van der Waals surface area contributed by atoms with Crippen molar-refractivity contribution in [3.05, 3.63) is 63.9 Å². The van der Waals surface area contributed by atoms with Crippen molar-refractivity contribution in [2.75, 3.05) is 6.54 Å². The number of fused-ring (bicyclic) bond motifs is 1. The highest BCUT2D eigenvalue weighted by Crippen LogP contribution is 2.26. The monoisotopic (exact) mass is 395 g/mol. The Kier molecular flexibility index (Phi) is 6.19. The zero-order valence-corrected chi connectivity index (χ0v) is 17.5. The van der Waals surface area contributed by atoms with E-state index in [-0.39, 0.29) is 16.7 Å². The molecule has 0 aliphatic carbocycles. The lowest BCUT2D eigenvalue weighted by atomic mass is 10.1. The lowest BCUT2D eigenvalue weighted by Gasteiger charge is -2.17. The van der Waals surface area contributed by atoms with Gasteiger partial charge in [0.25, 0.3) is 5.56 Å². The van der Waals surface area contributed by atoms with Crippen LogP contribution in [0.2, 0.25) is 0 Å². The fourth-order valence-corrected chi connectivity index (χ4v) is 3.84. The lowest BCUT2D eigenvalue weighted by Crippen LogP contribution is -2.32. The van der Waals surface area contributed by atoms with E-state index in [1.165, 1.54) is 11.8 Å². The van der Waals surface area contributed by atoms with E-state index in [2.05, 4.69) is 5.32 Å². The number of aromatic nitrogens is 2. The highest BCUT2D eigenvalue weighted by Gasteiger charge is 2.20. The van der Waals surface area contributed by atoms with E-state index in [4.69, 9.17) is 4.98 Å². The smallest absolute Gasteiger partial charge is 0.266 e. The number of rotatable bonds is 6. The van der Waals surface area contributed by atoms with Crippen molar-refractivity contribution in [2.24, 2.45) is 0 Å². The number of thioether (sulfide) groups is 1. The van der Waals surface area contributed by atoms with Gasteiger partial charge in [-0.1, -0.05) is 36.9 Å². The molecule has 1 heterocycles. The second kappa shape index (κ2) is 8.61. The molecule has 1 unspecified atom stereocenters. The highest BCUT2D eigenvalue weighted by molar-refractivity contribution is 8.00. The summed E-state index contributed by atoms with van der Waals surface area (Å²) in [5.41, 5.74) is 3.53. The standard InChI is InChI=1S/C22H25N3O2S/c1-5-12-23-20(26)16(4)28-22-24-19-9-7-6-8-18(19)21(27)25(22)17-11-10-14(2)15(3)13-17/h6-11,13,16H,5,12H2,1-4H3,(H,23,26). The number of amides is 1. The molecular formula is C22H25N3O2S. The molecule has 0 radical (unpaired) electrons. The molecule has 1 N–H and O–H groups in total. The van der Waals surface area contributed by atoms with Crippen LogP contribution in [-0.4, -0.2) is 27.3 Å². The summed E-state index contributed by atoms with van der Waals surface area (Å²) < 4.78 is 1.61. The van der Waals surface area contributed by atoms with Crippen LogP contribution in [0.5, 0.6) is 0 Å². The van der Waals surface area contributed by atoms with Crippen LogP contribution in [0.3, 0.4) is 0 Å². The van der Waals surface area contributed by atoms with Crippen LogP contribution in [0.4, 0.5) is 0 Å². The van der Waals surface area contributed by atoms with Gasteiger partial charge in [0.2, 0.25) is 5.91 Å². The van der Waals surface area contributed by atoms with Crippen molar-refractivity contribution in [2.45, 2.75) is 44.5 Å². The van der Waals surface area contributed by atoms with E-state index in [0.29, 0.717) is 22.6 Å². The van der Waals surface area contributed by atoms with E-state index in [9.17, 15) is 9.59 Å². The van der Waals surface area contributed by atoms with Crippen molar-refractivity contribution in [1.29, 1.82) is 0 Å². The molecule has 1 amide bonds. The topological polar surface area (TPSA) is 64.0 Å². The first-order valence-corrected chi connectivity index (χ1v) is 10.3. The predicted molar refractivity (Wildman–Crippen MR) is 115 cm³/mol. The zero-order valence-electron chi connectivity index (χ0n) is 16.7. The normalized spacial score (nSPS) is 12.1. The highest BCUT2D eigenvalue weighted by atomic mass is 32.2. The molecule has 0 bridgehead atoms. The van der Waals surface area contributed by atoms with Crippen LogP contribution in [0.1, 0.15) is 31.4 Å². The Morgan fingerprint density at radius 2 is 1.93 bits per heavy atom. The molecule has 0 saturated carbocycles. The Morgan fingerprint density at radius 1 is 1.18 bits per heavy atom. The zero-order chi connectivity index (χ0) is 20.3. The summed E-state index contributed by atoms with van der Waals surface area (Å²) in [5, 5.41) is 3.62. The van der Waals surface area contributed by atoms with Gasteiger partial charge in [-0.25, -0.2) is 4.98 Å². The molecule has 28 heavy (non-hydrogen) atoms. The maximum atomic E-state index is 13.3. The Morgan fingerprint density at radius 3 is 2.64 bits per heavy atom. The van der Waals surface area contributed by atoms with E-state index in [1.54, 1.807) is 10.6 Å². The van der Waals surface area contributed by atoms with Crippen LogP contribution >= 0.6 is 11.8 Å². The number of aryl methyl sites for hydroxylation is 2. The van der Waals surface area contributed by atoms with Crippen molar-refractivity contribution in [3.63, 3.8) is 0 Å². The Labute approximate surface area is 169 Å². The molecular weight excluding hydrogens is 370 g/mol. The fourth-order valence-electron chi connectivity index (χ4n) is 2.89. The second-order valence-electron chi connectivity index (χ2n) is 6.87. The molecule has 3 aromatic rings. The Balaban J connectivity index is 2.13. The number of para-hydroxylation sites is 1. The first-order chi connectivity index (χ1) is 13.4. The summed E-state index contributed by atoms with van der Waals surface area (Å²) in [5.74, 6) is -0.0547. The van der Waals surface area contributed by atoms with Crippen LogP contribution in [0.25, 0.3) is 16.6 Å². The van der Waals surface area contributed by atoms with Gasteiger partial charge in [0.1, 0.15) is 0 Å². The summed E-state index contributed by atoms with van der Waals surface area (Å²) in [6.07, 6.45) is 0.880. The number of benzene rings is 2. The van der Waals surface area contributed by atoms with E-state index in [0.717, 1.165) is 23.2 Å². The van der Waals surface area contributed by atoms with Gasteiger partial charge in [0, 0.05) is 6.54 Å². The second-order valence-corrected chi connectivity index (χ2v) is 8.18. The molecule has 1 atom stereocenters. The van der Waals surface area contributed by atoms with Gasteiger partial charge >= 0.3 is 0 Å². The molecule has 0 aliphatic rings. The maximum Gasteiger partial charge on any atom is 0.266 e. The molecule has 3 rings (SSSR count). The molecule has 2 aromatic carbocycles. The molecule has 0 saturated heterocycles. The summed E-state index contributed by atoms with van der Waals surface area (Å²) >= 11 is 1.30. The van der Waals surface area contributed by atoms with Crippen molar-refractivity contribution >= 4 is 28.6 Å². The molecule has 5 nitrogen and oxygen atoms in total. The Hall–Kier alpha value is -2.60. The van der Waals surface area contributed by atoms with Gasteiger partial charge in [-0.15, -0.1) is 0 Å². The number of nitrogens with one attached hydrogen (secondary N) is 1. The third kappa shape index (κ3) is 4.12. The van der Waals surface area contributed by atoms with Crippen LogP contribution in [0.15, 0.2) is 52.4 Å². The van der Waals surface area contributed by atoms with E-state index >= 15 is 0 Å². The predicted octanol–water partition coefficient (Wildman–Crippen LogP) is 4.01. The summed E-state index contributed by atoms with van der Waals surface area (Å²) in [6.45, 7) is 8.54.